The first-order valence-electron chi connectivity index (χ1n) is 2.47. The van der Waals surface area contributed by atoms with Gasteiger partial charge in [0, 0.05) is 7.11 Å². The van der Waals surface area contributed by atoms with Gasteiger partial charge in [0.1, 0.15) is 0 Å². The van der Waals surface area contributed by atoms with Crippen LogP contribution in [0, 0.1) is 0 Å². The molecule has 0 spiro atoms. The van der Waals surface area contributed by atoms with E-state index < -0.39 is 0 Å². The van der Waals surface area contributed by atoms with Crippen molar-refractivity contribution in [1.82, 2.24) is 0 Å². The molecule has 0 aliphatic carbocycles. The first kappa shape index (κ1) is 6.10. The number of aliphatic imine (C=N–C) groups is 2. The van der Waals surface area contributed by atoms with Crippen LogP contribution in [0.15, 0.2) is 9.98 Å². The largest absolute Gasteiger partial charge is 0.355 e. The lowest BCUT2D eigenvalue weighted by Gasteiger charge is -2.04. The number of ether oxygens (including phenoxy) is 1. The molecule has 1 amide bonds. The zero-order valence-electron chi connectivity index (χ0n) is 4.94. The summed E-state index contributed by atoms with van der Waals surface area (Å²) < 4.78 is 4.74. The lowest BCUT2D eigenvalue weighted by Crippen LogP contribution is -2.16. The van der Waals surface area contributed by atoms with E-state index in [9.17, 15) is 4.79 Å². The Kier molecular flexibility index (Phi) is 1.69. The molecule has 1 aliphatic heterocycles. The first-order valence-corrected chi connectivity index (χ1v) is 2.47. The van der Waals surface area contributed by atoms with E-state index in [2.05, 4.69) is 9.98 Å². The molecule has 1 heterocycles. The normalized spacial score (nSPS) is 25.0. The molecule has 1 atom stereocenters. The lowest BCUT2D eigenvalue weighted by atomic mass is 10.5. The zero-order valence-corrected chi connectivity index (χ0v) is 4.94. The van der Waals surface area contributed by atoms with Crippen LogP contribution in [0.2, 0.25) is 0 Å². The van der Waals surface area contributed by atoms with Crippen LogP contribution >= 0.6 is 0 Å². The fourth-order valence-corrected chi connectivity index (χ4v) is 0.468. The molecule has 4 nitrogen and oxygen atoms in total. The number of nitrogens with zero attached hydrogens (tertiary/aromatic N) is 2. The highest BCUT2D eigenvalue weighted by molar-refractivity contribution is 6.29. The number of amides is 1. The maximum atomic E-state index is 10.3. The van der Waals surface area contributed by atoms with Gasteiger partial charge in [0.05, 0.1) is 12.4 Å². The van der Waals surface area contributed by atoms with E-state index in [1.54, 1.807) is 0 Å². The number of hydrogen-bond donors (Lipinski definition) is 0. The van der Waals surface area contributed by atoms with E-state index >= 15 is 0 Å². The van der Waals surface area contributed by atoms with E-state index in [4.69, 9.17) is 4.74 Å². The van der Waals surface area contributed by atoms with Gasteiger partial charge in [-0.15, -0.1) is 0 Å². The van der Waals surface area contributed by atoms with E-state index in [0.717, 1.165) is 6.21 Å². The van der Waals surface area contributed by atoms with Crippen molar-refractivity contribution < 1.29 is 9.53 Å². The fraction of sp³-hybridized carbons (Fsp3) is 0.400. The Labute approximate surface area is 52.3 Å². The average Bonchev–Trinajstić information content (AvgIpc) is 1.90. The van der Waals surface area contributed by atoms with Crippen LogP contribution in [0.4, 0.5) is 0 Å². The molecule has 0 bridgehead atoms. The molecule has 1 unspecified atom stereocenters. The second-order valence-electron chi connectivity index (χ2n) is 1.52. The van der Waals surface area contributed by atoms with Crippen molar-refractivity contribution in [3.05, 3.63) is 0 Å². The Morgan fingerprint density at radius 1 is 1.78 bits per heavy atom. The Morgan fingerprint density at radius 2 is 2.56 bits per heavy atom. The van der Waals surface area contributed by atoms with Gasteiger partial charge in [-0.3, -0.25) is 9.79 Å². The molecule has 0 saturated carbocycles. The monoisotopic (exact) mass is 126 g/mol. The van der Waals surface area contributed by atoms with Crippen molar-refractivity contribution in [3.63, 3.8) is 0 Å². The molecule has 0 aromatic carbocycles. The molecule has 1 aliphatic rings. The number of rotatable bonds is 1. The van der Waals surface area contributed by atoms with Crippen molar-refractivity contribution in [2.45, 2.75) is 6.23 Å². The lowest BCUT2D eigenvalue weighted by molar-refractivity contribution is -0.111. The Bertz CT molecular complexity index is 158. The Hall–Kier alpha value is -1.03. The van der Waals surface area contributed by atoms with E-state index in [1.165, 1.54) is 13.3 Å². The number of carbonyl (C=O) groups excluding carboxylic acids is 1. The molecule has 0 fully saturated rings. The molecular weight excluding hydrogens is 120 g/mol. The minimum absolute atomic E-state index is 0.330. The van der Waals surface area contributed by atoms with Gasteiger partial charge in [0.15, 0.2) is 6.23 Å². The van der Waals surface area contributed by atoms with Gasteiger partial charge in [-0.2, -0.15) is 0 Å². The molecule has 0 aromatic heterocycles. The van der Waals surface area contributed by atoms with Gasteiger partial charge in [-0.25, -0.2) is 4.99 Å². The number of carbonyl (C=O) groups is 1. The third-order valence-corrected chi connectivity index (χ3v) is 0.903. The third-order valence-electron chi connectivity index (χ3n) is 0.903. The predicted octanol–water partition coefficient (Wildman–Crippen LogP) is -0.359. The smallest absolute Gasteiger partial charge is 0.287 e. The van der Waals surface area contributed by atoms with Crippen molar-refractivity contribution in [3.8, 4) is 0 Å². The minimum Gasteiger partial charge on any atom is -0.355 e. The van der Waals surface area contributed by atoms with Gasteiger partial charge in [-0.05, 0) is 0 Å². The predicted molar refractivity (Wildman–Crippen MR) is 32.8 cm³/mol. The fourth-order valence-electron chi connectivity index (χ4n) is 0.468. The maximum absolute atomic E-state index is 10.3. The highest BCUT2D eigenvalue weighted by atomic mass is 16.5. The summed E-state index contributed by atoms with van der Waals surface area (Å²) in [7, 11) is 1.50. The minimum atomic E-state index is -0.373. The average molecular weight is 126 g/mol. The summed E-state index contributed by atoms with van der Waals surface area (Å²) >= 11 is 0. The van der Waals surface area contributed by atoms with E-state index in [0.29, 0.717) is 0 Å². The molecule has 4 heteroatoms. The van der Waals surface area contributed by atoms with Crippen molar-refractivity contribution in [2.75, 3.05) is 7.11 Å². The molecule has 0 saturated heterocycles. The first-order chi connectivity index (χ1) is 4.33. The maximum Gasteiger partial charge on any atom is 0.287 e. The molecule has 0 aromatic rings. The van der Waals surface area contributed by atoms with Gasteiger partial charge >= 0.3 is 0 Å². The van der Waals surface area contributed by atoms with Crippen LogP contribution in [-0.2, 0) is 9.53 Å². The van der Waals surface area contributed by atoms with Gasteiger partial charge in [-0.1, -0.05) is 0 Å². The standard InChI is InChI=1S/C5H6N2O2/c1-9-5-3-6-4(8)2-7-5/h2-3,5H,1H3. The summed E-state index contributed by atoms with van der Waals surface area (Å²) in [4.78, 5) is 17.4. The van der Waals surface area contributed by atoms with Crippen molar-refractivity contribution in [1.29, 1.82) is 0 Å². The zero-order chi connectivity index (χ0) is 6.69. The molecule has 0 radical (unpaired) electrons. The molecule has 9 heavy (non-hydrogen) atoms. The van der Waals surface area contributed by atoms with E-state index in [-0.39, 0.29) is 12.1 Å². The number of methoxy groups -OCH3 is 1. The van der Waals surface area contributed by atoms with Crippen LogP contribution in [0.1, 0.15) is 0 Å². The summed E-state index contributed by atoms with van der Waals surface area (Å²) in [6.45, 7) is 0. The second-order valence-corrected chi connectivity index (χ2v) is 1.52. The van der Waals surface area contributed by atoms with Crippen molar-refractivity contribution >= 4 is 18.3 Å². The Morgan fingerprint density at radius 3 is 3.00 bits per heavy atom. The second kappa shape index (κ2) is 2.50. The highest BCUT2D eigenvalue weighted by Gasteiger charge is 2.05. The summed E-state index contributed by atoms with van der Waals surface area (Å²) in [5.74, 6) is -0.330. The van der Waals surface area contributed by atoms with Gasteiger partial charge < -0.3 is 4.74 Å². The summed E-state index contributed by atoms with van der Waals surface area (Å²) in [6.07, 6.45) is 2.14. The molecule has 48 valence electrons. The molecule has 0 N–H and O–H groups in total. The van der Waals surface area contributed by atoms with Crippen LogP contribution in [0.3, 0.4) is 0 Å². The Balaban J connectivity index is 2.58. The summed E-state index contributed by atoms with van der Waals surface area (Å²) in [5, 5.41) is 0. The van der Waals surface area contributed by atoms with Crippen LogP contribution in [0.25, 0.3) is 0 Å². The van der Waals surface area contributed by atoms with E-state index in [1.807, 2.05) is 0 Å². The van der Waals surface area contributed by atoms with Crippen LogP contribution < -0.4 is 0 Å². The van der Waals surface area contributed by atoms with Crippen LogP contribution in [-0.4, -0.2) is 31.7 Å². The van der Waals surface area contributed by atoms with Gasteiger partial charge in [0.2, 0.25) is 0 Å². The van der Waals surface area contributed by atoms with Crippen molar-refractivity contribution in [2.24, 2.45) is 9.98 Å². The highest BCUT2D eigenvalue weighted by Crippen LogP contribution is 1.91. The van der Waals surface area contributed by atoms with Gasteiger partial charge in [0.25, 0.3) is 5.91 Å². The summed E-state index contributed by atoms with van der Waals surface area (Å²) in [6, 6.07) is 0. The SMILES string of the molecule is COC1C=NC(=O)C=N1. The molecule has 1 rings (SSSR count). The quantitative estimate of drug-likeness (QED) is 0.481. The topological polar surface area (TPSA) is 51.0 Å². The summed E-state index contributed by atoms with van der Waals surface area (Å²) in [5.41, 5.74) is 0. The van der Waals surface area contributed by atoms with Crippen LogP contribution in [0.5, 0.6) is 0 Å². The third kappa shape index (κ3) is 1.43. The number of hydrogen-bond acceptors (Lipinski definition) is 3. The molecular formula is C5H6N2O2.